The molecule has 0 aliphatic heterocycles. The van der Waals surface area contributed by atoms with E-state index in [1.807, 2.05) is 19.9 Å². The number of ether oxygens (including phenoxy) is 1. The van der Waals surface area contributed by atoms with E-state index in [1.54, 1.807) is 31.4 Å². The quantitative estimate of drug-likeness (QED) is 0.614. The van der Waals surface area contributed by atoms with Crippen molar-refractivity contribution in [2.24, 2.45) is 5.41 Å². The molecule has 0 saturated carbocycles. The summed E-state index contributed by atoms with van der Waals surface area (Å²) in [4.78, 5) is 12.2. The average molecular weight is 329 g/mol. The fourth-order valence-corrected chi connectivity index (χ4v) is 2.67. The summed E-state index contributed by atoms with van der Waals surface area (Å²) in [6.45, 7) is 10.6. The number of carbonyl (C=O) groups excluding carboxylic acids is 1. The second-order valence-electron chi connectivity index (χ2n) is 7.62. The molecule has 5 heteroatoms. The van der Waals surface area contributed by atoms with Crippen LogP contribution in [-0.2, 0) is 4.79 Å². The third kappa shape index (κ3) is 6.74. The van der Waals surface area contributed by atoms with Gasteiger partial charge in [0.2, 0.25) is 0 Å². The SMILES string of the molecule is COc1ccc(NC(=O)/C(C#N)=C\NC(C)(C)CC(C)(C)C)cc1. The maximum absolute atomic E-state index is 12.2. The highest BCUT2D eigenvalue weighted by Crippen LogP contribution is 2.26. The number of hydrogen-bond acceptors (Lipinski definition) is 4. The van der Waals surface area contributed by atoms with E-state index >= 15 is 0 Å². The number of amides is 1. The molecule has 2 N–H and O–H groups in total. The van der Waals surface area contributed by atoms with Gasteiger partial charge in [-0.15, -0.1) is 0 Å². The van der Waals surface area contributed by atoms with Gasteiger partial charge in [-0.3, -0.25) is 4.79 Å². The third-order valence-electron chi connectivity index (χ3n) is 3.29. The second kappa shape index (κ2) is 7.87. The molecule has 0 fully saturated rings. The Morgan fingerprint density at radius 1 is 1.21 bits per heavy atom. The van der Waals surface area contributed by atoms with Gasteiger partial charge in [0.15, 0.2) is 0 Å². The van der Waals surface area contributed by atoms with Crippen LogP contribution in [0.25, 0.3) is 0 Å². The zero-order valence-corrected chi connectivity index (χ0v) is 15.4. The first kappa shape index (κ1) is 19.6. The molecule has 0 aliphatic carbocycles. The number of nitrogens with one attached hydrogen (secondary N) is 2. The minimum absolute atomic E-state index is 0.0350. The highest BCUT2D eigenvalue weighted by Gasteiger charge is 2.24. The number of carbonyl (C=O) groups is 1. The van der Waals surface area contributed by atoms with Crippen molar-refractivity contribution in [2.45, 2.75) is 46.6 Å². The number of anilines is 1. The fourth-order valence-electron chi connectivity index (χ4n) is 2.67. The van der Waals surface area contributed by atoms with E-state index in [9.17, 15) is 10.1 Å². The zero-order chi connectivity index (χ0) is 18.4. The normalized spacial score (nSPS) is 12.3. The molecular formula is C19H27N3O2. The van der Waals surface area contributed by atoms with Gasteiger partial charge < -0.3 is 15.4 Å². The Kier molecular flexibility index (Phi) is 6.42. The van der Waals surface area contributed by atoms with Crippen LogP contribution in [0.4, 0.5) is 5.69 Å². The molecule has 0 bridgehead atoms. The van der Waals surface area contributed by atoms with Crippen molar-refractivity contribution in [1.29, 1.82) is 5.26 Å². The van der Waals surface area contributed by atoms with Gasteiger partial charge in [0.1, 0.15) is 17.4 Å². The first-order valence-electron chi connectivity index (χ1n) is 7.90. The van der Waals surface area contributed by atoms with Crippen LogP contribution in [-0.4, -0.2) is 18.6 Å². The first-order valence-corrected chi connectivity index (χ1v) is 7.90. The van der Waals surface area contributed by atoms with Gasteiger partial charge in [-0.05, 0) is 49.9 Å². The lowest BCUT2D eigenvalue weighted by atomic mass is 9.82. The summed E-state index contributed by atoms with van der Waals surface area (Å²) < 4.78 is 5.07. The number of benzene rings is 1. The monoisotopic (exact) mass is 329 g/mol. The van der Waals surface area contributed by atoms with Crippen molar-refractivity contribution in [3.63, 3.8) is 0 Å². The Bertz CT molecular complexity index is 632. The fraction of sp³-hybridized carbons (Fsp3) is 0.474. The molecule has 1 rings (SSSR count). The summed E-state index contributed by atoms with van der Waals surface area (Å²) in [5.74, 6) is 0.261. The lowest BCUT2D eigenvalue weighted by Gasteiger charge is -2.33. The number of methoxy groups -OCH3 is 1. The van der Waals surface area contributed by atoms with Crippen LogP contribution < -0.4 is 15.4 Å². The minimum atomic E-state index is -0.443. The van der Waals surface area contributed by atoms with Gasteiger partial charge in [0.25, 0.3) is 5.91 Å². The molecule has 0 heterocycles. The van der Waals surface area contributed by atoms with E-state index in [1.165, 1.54) is 6.20 Å². The lowest BCUT2D eigenvalue weighted by Crippen LogP contribution is -2.39. The topological polar surface area (TPSA) is 74.1 Å². The number of hydrogen-bond donors (Lipinski definition) is 2. The molecule has 1 aromatic rings. The standard InChI is InChI=1S/C19H27N3O2/c1-18(2,3)13-19(4,5)21-12-14(11-20)17(23)22-15-7-9-16(24-6)10-8-15/h7-10,12,21H,13H2,1-6H3,(H,22,23)/b14-12-. The van der Waals surface area contributed by atoms with Crippen LogP contribution in [0.5, 0.6) is 5.75 Å². The van der Waals surface area contributed by atoms with Crippen molar-refractivity contribution in [3.05, 3.63) is 36.0 Å². The molecule has 0 spiro atoms. The Labute approximate surface area is 144 Å². The van der Waals surface area contributed by atoms with Gasteiger partial charge in [0.05, 0.1) is 7.11 Å². The van der Waals surface area contributed by atoms with Gasteiger partial charge in [-0.2, -0.15) is 5.26 Å². The van der Waals surface area contributed by atoms with E-state index in [0.29, 0.717) is 11.4 Å². The molecule has 24 heavy (non-hydrogen) atoms. The molecule has 0 radical (unpaired) electrons. The molecule has 5 nitrogen and oxygen atoms in total. The first-order chi connectivity index (χ1) is 11.1. The predicted molar refractivity (Wildman–Crippen MR) is 96.6 cm³/mol. The van der Waals surface area contributed by atoms with E-state index in [4.69, 9.17) is 4.74 Å². The van der Waals surface area contributed by atoms with Gasteiger partial charge in [-0.1, -0.05) is 20.8 Å². The van der Waals surface area contributed by atoms with Crippen LogP contribution >= 0.6 is 0 Å². The molecule has 0 saturated heterocycles. The molecule has 0 aromatic heterocycles. The number of nitriles is 1. The summed E-state index contributed by atoms with van der Waals surface area (Å²) in [6, 6.07) is 8.88. The summed E-state index contributed by atoms with van der Waals surface area (Å²) >= 11 is 0. The van der Waals surface area contributed by atoms with Crippen molar-refractivity contribution < 1.29 is 9.53 Å². The van der Waals surface area contributed by atoms with E-state index in [0.717, 1.165) is 6.42 Å². The summed E-state index contributed by atoms with van der Waals surface area (Å²) in [5.41, 5.74) is 0.562. The molecule has 1 amide bonds. The molecule has 1 aromatic carbocycles. The summed E-state index contributed by atoms with van der Waals surface area (Å²) in [7, 11) is 1.58. The number of rotatable bonds is 6. The van der Waals surface area contributed by atoms with Crippen LogP contribution in [0, 0.1) is 16.7 Å². The number of nitrogens with zero attached hydrogens (tertiary/aromatic N) is 1. The molecular weight excluding hydrogens is 302 g/mol. The highest BCUT2D eigenvalue weighted by molar-refractivity contribution is 6.06. The Hall–Kier alpha value is -2.48. The van der Waals surface area contributed by atoms with E-state index in [2.05, 4.69) is 31.4 Å². The second-order valence-corrected chi connectivity index (χ2v) is 7.62. The van der Waals surface area contributed by atoms with Crippen LogP contribution in [0.2, 0.25) is 0 Å². The van der Waals surface area contributed by atoms with Crippen molar-refractivity contribution in [1.82, 2.24) is 5.32 Å². The zero-order valence-electron chi connectivity index (χ0n) is 15.4. The smallest absolute Gasteiger partial charge is 0.267 e. The maximum atomic E-state index is 12.2. The van der Waals surface area contributed by atoms with Crippen molar-refractivity contribution >= 4 is 11.6 Å². The molecule has 0 atom stereocenters. The molecule has 0 aliphatic rings. The van der Waals surface area contributed by atoms with Crippen molar-refractivity contribution in [2.75, 3.05) is 12.4 Å². The van der Waals surface area contributed by atoms with Gasteiger partial charge in [0, 0.05) is 17.4 Å². The Morgan fingerprint density at radius 3 is 2.25 bits per heavy atom. The Balaban J connectivity index is 2.77. The van der Waals surface area contributed by atoms with Crippen LogP contribution in [0.3, 0.4) is 0 Å². The highest BCUT2D eigenvalue weighted by atomic mass is 16.5. The van der Waals surface area contributed by atoms with Gasteiger partial charge >= 0.3 is 0 Å². The van der Waals surface area contributed by atoms with Gasteiger partial charge in [-0.25, -0.2) is 0 Å². The summed E-state index contributed by atoms with van der Waals surface area (Å²) in [6.07, 6.45) is 2.39. The van der Waals surface area contributed by atoms with Crippen molar-refractivity contribution in [3.8, 4) is 11.8 Å². The largest absolute Gasteiger partial charge is 0.497 e. The average Bonchev–Trinajstić information content (AvgIpc) is 2.46. The maximum Gasteiger partial charge on any atom is 0.267 e. The van der Waals surface area contributed by atoms with Crippen LogP contribution in [0.1, 0.15) is 41.0 Å². The minimum Gasteiger partial charge on any atom is -0.497 e. The van der Waals surface area contributed by atoms with E-state index in [-0.39, 0.29) is 16.5 Å². The Morgan fingerprint density at radius 2 is 1.79 bits per heavy atom. The summed E-state index contributed by atoms with van der Waals surface area (Å²) in [5, 5.41) is 15.1. The van der Waals surface area contributed by atoms with Crippen LogP contribution in [0.15, 0.2) is 36.0 Å². The van der Waals surface area contributed by atoms with E-state index < -0.39 is 5.91 Å². The lowest BCUT2D eigenvalue weighted by molar-refractivity contribution is -0.112. The molecule has 0 unspecified atom stereocenters. The molecule has 130 valence electrons. The predicted octanol–water partition coefficient (Wildman–Crippen LogP) is 3.85. The third-order valence-corrected chi connectivity index (χ3v) is 3.29.